The van der Waals surface area contributed by atoms with E-state index >= 15 is 0 Å². The number of esters is 2. The van der Waals surface area contributed by atoms with Crippen LogP contribution < -0.4 is 10.6 Å². The smallest absolute Gasteiger partial charge is 0.354 e. The number of aliphatic hydroxyl groups is 1. The zero-order valence-electron chi connectivity index (χ0n) is 14.2. The molecule has 0 bridgehead atoms. The van der Waals surface area contributed by atoms with E-state index < -0.39 is 27.0 Å². The van der Waals surface area contributed by atoms with Gasteiger partial charge in [0.15, 0.2) is 0 Å². The van der Waals surface area contributed by atoms with Crippen molar-refractivity contribution in [2.24, 2.45) is 0 Å². The molecule has 1 rings (SSSR count). The van der Waals surface area contributed by atoms with Crippen LogP contribution in [0.2, 0.25) is 0 Å². The van der Waals surface area contributed by atoms with Crippen molar-refractivity contribution in [2.75, 3.05) is 32.7 Å². The Kier molecular flexibility index (Phi) is 8.19. The van der Waals surface area contributed by atoms with Gasteiger partial charge < -0.3 is 25.2 Å². The fourth-order valence-electron chi connectivity index (χ4n) is 1.91. The number of hydrogen-bond donors (Lipinski definition) is 4. The molecule has 26 heavy (non-hydrogen) atoms. The summed E-state index contributed by atoms with van der Waals surface area (Å²) < 4.78 is 41.6. The third-order valence-electron chi connectivity index (χ3n) is 3.10. The molecule has 0 amide bonds. The molecule has 4 N–H and O–H groups in total. The summed E-state index contributed by atoms with van der Waals surface area (Å²) in [6.07, 6.45) is 0.843. The van der Waals surface area contributed by atoms with Crippen LogP contribution in [0.5, 0.6) is 0 Å². The predicted molar refractivity (Wildman–Crippen MR) is 90.8 cm³/mol. The number of carbonyl (C=O) groups excluding carboxylic acids is 2. The summed E-state index contributed by atoms with van der Waals surface area (Å²) in [7, 11) is -2.32. The lowest BCUT2D eigenvalue weighted by atomic mass is 10.2. The van der Waals surface area contributed by atoms with Crippen molar-refractivity contribution in [3.63, 3.8) is 0 Å². The van der Waals surface area contributed by atoms with E-state index in [0.717, 1.165) is 26.4 Å². The van der Waals surface area contributed by atoms with E-state index in [9.17, 15) is 22.6 Å². The van der Waals surface area contributed by atoms with Crippen LogP contribution in [0.3, 0.4) is 0 Å². The monoisotopic (exact) mass is 388 g/mol. The average Bonchev–Trinajstić information content (AvgIpc) is 2.60. The van der Waals surface area contributed by atoms with Crippen molar-refractivity contribution >= 4 is 27.7 Å². The summed E-state index contributed by atoms with van der Waals surface area (Å²) >= 11 is 0. The first-order chi connectivity index (χ1) is 12.2. The van der Waals surface area contributed by atoms with Gasteiger partial charge in [-0.3, -0.25) is 4.55 Å². The molecule has 0 unspecified atom stereocenters. The number of benzene rings is 1. The lowest BCUT2D eigenvalue weighted by Crippen LogP contribution is -2.19. The van der Waals surface area contributed by atoms with Crippen molar-refractivity contribution in [1.82, 2.24) is 5.32 Å². The summed E-state index contributed by atoms with van der Waals surface area (Å²) in [5.41, 5.74) is 0.0824. The number of rotatable bonds is 9. The highest BCUT2D eigenvalue weighted by molar-refractivity contribution is 7.85. The molecule has 10 nitrogen and oxygen atoms in total. The number of ether oxygens (including phenoxy) is 2. The molecule has 0 aromatic heterocycles. The van der Waals surface area contributed by atoms with E-state index in [1.165, 1.54) is 12.1 Å². The molecule has 144 valence electrons. The van der Waals surface area contributed by atoms with Gasteiger partial charge in [0.2, 0.25) is 0 Å². The highest BCUT2D eigenvalue weighted by atomic mass is 32.2. The second-order valence-electron chi connectivity index (χ2n) is 4.90. The highest BCUT2D eigenvalue weighted by Gasteiger charge is 2.18. The van der Waals surface area contributed by atoms with Gasteiger partial charge >= 0.3 is 11.9 Å². The molecule has 0 heterocycles. The van der Waals surface area contributed by atoms with E-state index in [2.05, 4.69) is 20.1 Å². The Morgan fingerprint density at radius 3 is 2.46 bits per heavy atom. The lowest BCUT2D eigenvalue weighted by molar-refractivity contribution is -0.138. The molecule has 0 spiro atoms. The Morgan fingerprint density at radius 2 is 1.92 bits per heavy atom. The molecule has 1 aromatic rings. The van der Waals surface area contributed by atoms with Crippen LogP contribution in [0.15, 0.2) is 34.9 Å². The van der Waals surface area contributed by atoms with E-state index in [1.807, 2.05) is 0 Å². The zero-order valence-corrected chi connectivity index (χ0v) is 15.0. The number of carbonyl (C=O) groups is 2. The molecule has 0 radical (unpaired) electrons. The van der Waals surface area contributed by atoms with Gasteiger partial charge in [0.1, 0.15) is 10.6 Å². The predicted octanol–water partition coefficient (Wildman–Crippen LogP) is -0.343. The molecule has 0 aliphatic heterocycles. The maximum Gasteiger partial charge on any atom is 0.354 e. The summed E-state index contributed by atoms with van der Waals surface area (Å²) in [4.78, 5) is 22.7. The third-order valence-corrected chi connectivity index (χ3v) is 4.03. The standard InChI is InChI=1S/C15H20N2O8S/c1-24-14(19)8-12(15(20)25-2)17-11-4-3-10(9-16-5-6-18)13(7-11)26(21,22)23/h3-4,7-8,16-18H,5-6,9H2,1-2H3,(H,21,22,23)/b12-8+. The van der Waals surface area contributed by atoms with Crippen molar-refractivity contribution in [1.29, 1.82) is 0 Å². The van der Waals surface area contributed by atoms with Crippen molar-refractivity contribution in [3.05, 3.63) is 35.5 Å². The lowest BCUT2D eigenvalue weighted by Gasteiger charge is -2.13. The minimum absolute atomic E-state index is 0.0812. The molecular weight excluding hydrogens is 368 g/mol. The Balaban J connectivity index is 3.21. The first-order valence-electron chi connectivity index (χ1n) is 7.30. The quantitative estimate of drug-likeness (QED) is 0.191. The summed E-state index contributed by atoms with van der Waals surface area (Å²) in [5.74, 6) is -1.70. The number of nitrogens with one attached hydrogen (secondary N) is 2. The van der Waals surface area contributed by atoms with E-state index in [1.54, 1.807) is 0 Å². The van der Waals surface area contributed by atoms with E-state index in [4.69, 9.17) is 5.11 Å². The van der Waals surface area contributed by atoms with Gasteiger partial charge in [0.05, 0.1) is 26.9 Å². The van der Waals surface area contributed by atoms with Gasteiger partial charge in [-0.15, -0.1) is 0 Å². The van der Waals surface area contributed by atoms with Crippen LogP contribution in [-0.2, 0) is 35.7 Å². The molecule has 0 fully saturated rings. The SMILES string of the molecule is COC(=O)/C=C(/Nc1ccc(CNCCO)c(S(=O)(=O)O)c1)C(=O)OC. The first-order valence-corrected chi connectivity index (χ1v) is 8.74. The highest BCUT2D eigenvalue weighted by Crippen LogP contribution is 2.22. The maximum absolute atomic E-state index is 11.7. The number of anilines is 1. The molecular formula is C15H20N2O8S. The first kappa shape index (κ1) is 21.6. The number of aliphatic hydroxyl groups excluding tert-OH is 1. The van der Waals surface area contributed by atoms with Crippen molar-refractivity contribution in [3.8, 4) is 0 Å². The Bertz CT molecular complexity index is 789. The topological polar surface area (TPSA) is 151 Å². The Morgan fingerprint density at radius 1 is 1.23 bits per heavy atom. The largest absolute Gasteiger partial charge is 0.466 e. The number of methoxy groups -OCH3 is 2. The Labute approximate surface area is 150 Å². The van der Waals surface area contributed by atoms with Crippen molar-refractivity contribution in [2.45, 2.75) is 11.4 Å². The molecule has 0 saturated carbocycles. The molecule has 0 aliphatic carbocycles. The molecule has 0 atom stereocenters. The van der Waals surface area contributed by atoms with Gasteiger partial charge in [0.25, 0.3) is 10.1 Å². The molecule has 0 saturated heterocycles. The van der Waals surface area contributed by atoms with Crippen LogP contribution in [-0.4, -0.2) is 57.4 Å². The van der Waals surface area contributed by atoms with Crippen LogP contribution >= 0.6 is 0 Å². The van der Waals surface area contributed by atoms with Crippen molar-refractivity contribution < 1.29 is 37.1 Å². The van der Waals surface area contributed by atoms with Gasteiger partial charge in [-0.1, -0.05) is 6.07 Å². The molecule has 1 aromatic carbocycles. The van der Waals surface area contributed by atoms with Crippen LogP contribution in [0.25, 0.3) is 0 Å². The third kappa shape index (κ3) is 6.44. The normalized spacial score (nSPS) is 11.8. The minimum atomic E-state index is -4.55. The average molecular weight is 388 g/mol. The molecule has 11 heteroatoms. The summed E-state index contributed by atoms with van der Waals surface area (Å²) in [6.45, 7) is 0.179. The van der Waals surface area contributed by atoms with Crippen LogP contribution in [0.1, 0.15) is 5.56 Å². The van der Waals surface area contributed by atoms with Gasteiger partial charge in [-0.2, -0.15) is 8.42 Å². The van der Waals surface area contributed by atoms with E-state index in [0.29, 0.717) is 0 Å². The second kappa shape index (κ2) is 9.87. The van der Waals surface area contributed by atoms with Crippen LogP contribution in [0.4, 0.5) is 5.69 Å². The van der Waals surface area contributed by atoms with Gasteiger partial charge in [-0.05, 0) is 17.7 Å². The fraction of sp³-hybridized carbons (Fsp3) is 0.333. The number of hydrogen-bond acceptors (Lipinski definition) is 9. The second-order valence-corrected chi connectivity index (χ2v) is 6.29. The molecule has 0 aliphatic rings. The van der Waals surface area contributed by atoms with Gasteiger partial charge in [0, 0.05) is 18.8 Å². The Hall–Kier alpha value is -2.47. The van der Waals surface area contributed by atoms with E-state index in [-0.39, 0.29) is 36.6 Å². The minimum Gasteiger partial charge on any atom is -0.466 e. The summed E-state index contributed by atoms with van der Waals surface area (Å²) in [5, 5.41) is 14.1. The maximum atomic E-state index is 11.7. The fourth-order valence-corrected chi connectivity index (χ4v) is 2.66. The van der Waals surface area contributed by atoms with Crippen LogP contribution in [0, 0.1) is 0 Å². The zero-order chi connectivity index (χ0) is 19.7. The summed E-state index contributed by atoms with van der Waals surface area (Å²) in [6, 6.07) is 3.95. The van der Waals surface area contributed by atoms with Gasteiger partial charge in [-0.25, -0.2) is 9.59 Å².